The van der Waals surface area contributed by atoms with E-state index in [-0.39, 0.29) is 0 Å². The topological polar surface area (TPSA) is 38.5 Å². The maximum absolute atomic E-state index is 5.61. The average Bonchev–Trinajstić information content (AvgIpc) is 3.09. The number of aromatic nitrogens is 3. The number of methoxy groups -OCH3 is 1. The fraction of sp³-hybridized carbons (Fsp3) is 0.300. The van der Waals surface area contributed by atoms with Crippen LogP contribution in [0.3, 0.4) is 0 Å². The molecule has 140 valence electrons. The van der Waals surface area contributed by atoms with Gasteiger partial charge < -0.3 is 9.64 Å². The van der Waals surface area contributed by atoms with Crippen LogP contribution in [0.4, 0.5) is 5.69 Å². The molecule has 4 rings (SSSR count). The number of rotatable bonds is 5. The Kier molecular flexibility index (Phi) is 5.22. The fourth-order valence-corrected chi connectivity index (χ4v) is 3.59. The highest BCUT2D eigenvalue weighted by Crippen LogP contribution is 2.20. The van der Waals surface area contributed by atoms with E-state index in [4.69, 9.17) is 17.0 Å². The summed E-state index contributed by atoms with van der Waals surface area (Å²) in [5, 5.41) is 4.49. The van der Waals surface area contributed by atoms with Crippen LogP contribution in [0.5, 0.6) is 5.75 Å². The summed E-state index contributed by atoms with van der Waals surface area (Å²) in [5.41, 5.74) is 2.28. The van der Waals surface area contributed by atoms with E-state index in [1.807, 2.05) is 51.7 Å². The number of anilines is 1. The molecule has 1 saturated heterocycles. The van der Waals surface area contributed by atoms with Gasteiger partial charge in [-0.05, 0) is 48.6 Å². The largest absolute Gasteiger partial charge is 0.497 e. The van der Waals surface area contributed by atoms with Gasteiger partial charge in [-0.3, -0.25) is 9.47 Å². The van der Waals surface area contributed by atoms with E-state index >= 15 is 0 Å². The lowest BCUT2D eigenvalue weighted by molar-refractivity contribution is 0.194. The Balaban J connectivity index is 1.38. The first kappa shape index (κ1) is 17.8. The molecular formula is C20H23N5OS. The van der Waals surface area contributed by atoms with Gasteiger partial charge in [0.2, 0.25) is 4.77 Å². The maximum Gasteiger partial charge on any atom is 0.203 e. The smallest absolute Gasteiger partial charge is 0.203 e. The molecule has 0 radical (unpaired) electrons. The van der Waals surface area contributed by atoms with Gasteiger partial charge in [0.05, 0.1) is 13.8 Å². The average molecular weight is 382 g/mol. The first-order chi connectivity index (χ1) is 13.2. The highest BCUT2D eigenvalue weighted by atomic mass is 32.1. The maximum atomic E-state index is 5.61. The number of ether oxygens (including phenoxy) is 1. The first-order valence-corrected chi connectivity index (χ1v) is 9.46. The number of piperazine rings is 1. The van der Waals surface area contributed by atoms with Crippen molar-refractivity contribution in [2.24, 2.45) is 0 Å². The molecule has 6 nitrogen and oxygen atoms in total. The quantitative estimate of drug-likeness (QED) is 0.635. The highest BCUT2D eigenvalue weighted by molar-refractivity contribution is 7.71. The number of hydrogen-bond donors (Lipinski definition) is 0. The molecule has 3 aromatic rings. The van der Waals surface area contributed by atoms with E-state index in [9.17, 15) is 0 Å². The molecule has 0 amide bonds. The predicted octanol–water partition coefficient (Wildman–Crippen LogP) is 3.19. The van der Waals surface area contributed by atoms with Gasteiger partial charge in [0, 0.05) is 37.6 Å². The van der Waals surface area contributed by atoms with Crippen LogP contribution in [0.15, 0.2) is 60.9 Å². The number of nitrogens with zero attached hydrogens (tertiary/aromatic N) is 5. The van der Waals surface area contributed by atoms with Crippen LogP contribution in [0.2, 0.25) is 0 Å². The minimum absolute atomic E-state index is 0.717. The zero-order chi connectivity index (χ0) is 18.6. The van der Waals surface area contributed by atoms with Crippen LogP contribution in [-0.2, 0) is 6.67 Å². The van der Waals surface area contributed by atoms with Crippen molar-refractivity contribution in [2.45, 2.75) is 6.67 Å². The Morgan fingerprint density at radius 2 is 1.63 bits per heavy atom. The Hall–Kier alpha value is -2.64. The number of benzene rings is 2. The van der Waals surface area contributed by atoms with Crippen LogP contribution in [0.1, 0.15) is 0 Å². The van der Waals surface area contributed by atoms with Crippen molar-refractivity contribution in [1.29, 1.82) is 0 Å². The van der Waals surface area contributed by atoms with Gasteiger partial charge in [-0.25, -0.2) is 4.68 Å². The number of para-hydroxylation sites is 1. The van der Waals surface area contributed by atoms with Crippen molar-refractivity contribution in [1.82, 2.24) is 19.2 Å². The summed E-state index contributed by atoms with van der Waals surface area (Å²) in [6.45, 7) is 4.64. The molecule has 1 aliphatic heterocycles. The minimum Gasteiger partial charge on any atom is -0.497 e. The van der Waals surface area contributed by atoms with Gasteiger partial charge in [-0.2, -0.15) is 5.10 Å². The molecule has 0 unspecified atom stereocenters. The van der Waals surface area contributed by atoms with Crippen LogP contribution in [0.25, 0.3) is 5.69 Å². The van der Waals surface area contributed by atoms with Crippen LogP contribution in [-0.4, -0.2) is 52.5 Å². The Morgan fingerprint density at radius 3 is 2.30 bits per heavy atom. The van der Waals surface area contributed by atoms with E-state index in [2.05, 4.69) is 27.0 Å². The van der Waals surface area contributed by atoms with Crippen LogP contribution >= 0.6 is 12.2 Å². The third-order valence-electron chi connectivity index (χ3n) is 4.91. The lowest BCUT2D eigenvalue weighted by Gasteiger charge is -2.35. The summed E-state index contributed by atoms with van der Waals surface area (Å²) < 4.78 is 9.80. The Labute approximate surface area is 164 Å². The summed E-state index contributed by atoms with van der Waals surface area (Å²) in [7, 11) is 1.69. The number of hydrogen-bond acceptors (Lipinski definition) is 5. The first-order valence-electron chi connectivity index (χ1n) is 9.06. The summed E-state index contributed by atoms with van der Waals surface area (Å²) in [4.78, 5) is 4.79. The predicted molar refractivity (Wildman–Crippen MR) is 109 cm³/mol. The van der Waals surface area contributed by atoms with Crippen molar-refractivity contribution in [3.63, 3.8) is 0 Å². The standard InChI is InChI=1S/C20H23N5OS/c1-26-19-9-7-17(8-10-19)23-13-11-22(12-14-23)16-25-20(27)24(15-21-25)18-5-3-2-4-6-18/h2-10,15H,11-14,16H2,1H3. The van der Waals surface area contributed by atoms with E-state index in [1.165, 1.54) is 5.69 Å². The zero-order valence-corrected chi connectivity index (χ0v) is 16.2. The molecule has 1 fully saturated rings. The van der Waals surface area contributed by atoms with E-state index < -0.39 is 0 Å². The molecule has 2 aromatic carbocycles. The minimum atomic E-state index is 0.717. The molecule has 27 heavy (non-hydrogen) atoms. The second kappa shape index (κ2) is 7.94. The van der Waals surface area contributed by atoms with Crippen molar-refractivity contribution in [3.05, 3.63) is 65.7 Å². The molecule has 1 aromatic heterocycles. The molecule has 0 bridgehead atoms. The van der Waals surface area contributed by atoms with Crippen molar-refractivity contribution >= 4 is 17.9 Å². The van der Waals surface area contributed by atoms with Gasteiger partial charge in [0.25, 0.3) is 0 Å². The lowest BCUT2D eigenvalue weighted by atomic mass is 10.2. The normalized spacial score (nSPS) is 15.1. The van der Waals surface area contributed by atoms with E-state index in [0.717, 1.165) is 49.1 Å². The lowest BCUT2D eigenvalue weighted by Crippen LogP contribution is -2.47. The summed E-state index contributed by atoms with van der Waals surface area (Å²) >= 11 is 5.61. The van der Waals surface area contributed by atoms with E-state index in [1.54, 1.807) is 13.4 Å². The Bertz CT molecular complexity index is 927. The fourth-order valence-electron chi connectivity index (χ4n) is 3.33. The monoisotopic (exact) mass is 381 g/mol. The molecule has 0 saturated carbocycles. The highest BCUT2D eigenvalue weighted by Gasteiger charge is 2.18. The molecule has 1 aliphatic rings. The van der Waals surface area contributed by atoms with Crippen molar-refractivity contribution < 1.29 is 4.74 Å². The molecule has 0 N–H and O–H groups in total. The molecule has 0 spiro atoms. The van der Waals surface area contributed by atoms with Gasteiger partial charge in [0.1, 0.15) is 12.1 Å². The third-order valence-corrected chi connectivity index (χ3v) is 5.32. The molecular weight excluding hydrogens is 358 g/mol. The molecule has 7 heteroatoms. The van der Waals surface area contributed by atoms with Crippen molar-refractivity contribution in [3.8, 4) is 11.4 Å². The summed E-state index contributed by atoms with van der Waals surface area (Å²) in [6, 6.07) is 18.3. The zero-order valence-electron chi connectivity index (χ0n) is 15.4. The third kappa shape index (κ3) is 3.89. The van der Waals surface area contributed by atoms with Crippen LogP contribution < -0.4 is 9.64 Å². The van der Waals surface area contributed by atoms with Gasteiger partial charge in [0.15, 0.2) is 0 Å². The summed E-state index contributed by atoms with van der Waals surface area (Å²) in [6.07, 6.45) is 1.80. The molecule has 0 aliphatic carbocycles. The van der Waals surface area contributed by atoms with Gasteiger partial charge in [-0.15, -0.1) is 0 Å². The van der Waals surface area contributed by atoms with Gasteiger partial charge >= 0.3 is 0 Å². The molecule has 2 heterocycles. The second-order valence-corrected chi connectivity index (χ2v) is 6.93. The second-order valence-electron chi connectivity index (χ2n) is 6.56. The van der Waals surface area contributed by atoms with Crippen molar-refractivity contribution in [2.75, 3.05) is 38.2 Å². The summed E-state index contributed by atoms with van der Waals surface area (Å²) in [5.74, 6) is 0.890. The Morgan fingerprint density at radius 1 is 0.926 bits per heavy atom. The van der Waals surface area contributed by atoms with E-state index in [0.29, 0.717) is 0 Å². The van der Waals surface area contributed by atoms with Crippen LogP contribution in [0, 0.1) is 4.77 Å². The van der Waals surface area contributed by atoms with Gasteiger partial charge in [-0.1, -0.05) is 18.2 Å². The SMILES string of the molecule is COc1ccc(N2CCN(Cn3ncn(-c4ccccc4)c3=S)CC2)cc1. The molecule has 0 atom stereocenters.